The van der Waals surface area contributed by atoms with Gasteiger partial charge in [-0.2, -0.15) is 0 Å². The predicted molar refractivity (Wildman–Crippen MR) is 93.7 cm³/mol. The van der Waals surface area contributed by atoms with Gasteiger partial charge in [-0.15, -0.1) is 0 Å². The van der Waals surface area contributed by atoms with E-state index in [-0.39, 0.29) is 22.2 Å². The molecule has 2 heterocycles. The highest BCUT2D eigenvalue weighted by molar-refractivity contribution is 6.32. The number of benzene rings is 1. The largest absolute Gasteiger partial charge is 0.333 e. The van der Waals surface area contributed by atoms with Gasteiger partial charge in [-0.3, -0.25) is 14.9 Å². The smallest absolute Gasteiger partial charge is 0.288 e. The SMILES string of the molecule is CCN(Cc1cnc2ccccn12)C(=O)c1ccc(Cl)c([N+](=O)[O-])c1. The molecule has 1 aromatic carbocycles. The molecule has 128 valence electrons. The van der Waals surface area contributed by atoms with Crippen LogP contribution >= 0.6 is 11.6 Å². The summed E-state index contributed by atoms with van der Waals surface area (Å²) >= 11 is 5.81. The van der Waals surface area contributed by atoms with Crippen molar-refractivity contribution >= 4 is 28.8 Å². The zero-order chi connectivity index (χ0) is 18.0. The molecule has 0 aliphatic carbocycles. The van der Waals surface area contributed by atoms with Gasteiger partial charge in [0.05, 0.1) is 23.4 Å². The van der Waals surface area contributed by atoms with Gasteiger partial charge in [0.2, 0.25) is 0 Å². The number of carbonyl (C=O) groups is 1. The maximum atomic E-state index is 12.8. The summed E-state index contributed by atoms with van der Waals surface area (Å²) in [5.41, 5.74) is 1.60. The maximum absolute atomic E-state index is 12.8. The fourth-order valence-corrected chi connectivity index (χ4v) is 2.78. The number of nitro groups is 1. The topological polar surface area (TPSA) is 80.8 Å². The van der Waals surface area contributed by atoms with Gasteiger partial charge in [0.15, 0.2) is 0 Å². The van der Waals surface area contributed by atoms with E-state index < -0.39 is 4.92 Å². The zero-order valence-electron chi connectivity index (χ0n) is 13.4. The summed E-state index contributed by atoms with van der Waals surface area (Å²) in [4.78, 5) is 29.1. The van der Waals surface area contributed by atoms with E-state index in [4.69, 9.17) is 11.6 Å². The molecule has 3 aromatic rings. The molecule has 0 bridgehead atoms. The van der Waals surface area contributed by atoms with Crippen molar-refractivity contribution in [2.45, 2.75) is 13.5 Å². The molecule has 0 saturated heterocycles. The lowest BCUT2D eigenvalue weighted by atomic mass is 10.1. The summed E-state index contributed by atoms with van der Waals surface area (Å²) in [7, 11) is 0. The Balaban J connectivity index is 1.89. The Labute approximate surface area is 148 Å². The first-order chi connectivity index (χ1) is 12.0. The molecule has 0 spiro atoms. The number of hydrogen-bond acceptors (Lipinski definition) is 4. The number of aromatic nitrogens is 2. The van der Waals surface area contributed by atoms with Gasteiger partial charge in [-0.05, 0) is 31.2 Å². The molecular formula is C17H15ClN4O3. The van der Waals surface area contributed by atoms with Crippen LogP contribution in [0.4, 0.5) is 5.69 Å². The lowest BCUT2D eigenvalue weighted by molar-refractivity contribution is -0.384. The summed E-state index contributed by atoms with van der Waals surface area (Å²) in [6.07, 6.45) is 3.60. The van der Waals surface area contributed by atoms with Crippen LogP contribution in [0.2, 0.25) is 5.02 Å². The number of fused-ring (bicyclic) bond motifs is 1. The van der Waals surface area contributed by atoms with E-state index in [1.807, 2.05) is 35.7 Å². The second kappa shape index (κ2) is 6.90. The van der Waals surface area contributed by atoms with Gasteiger partial charge in [-0.25, -0.2) is 4.98 Å². The van der Waals surface area contributed by atoms with Crippen LogP contribution in [-0.4, -0.2) is 31.7 Å². The first kappa shape index (κ1) is 16.9. The minimum atomic E-state index is -0.597. The van der Waals surface area contributed by atoms with Crippen molar-refractivity contribution in [3.8, 4) is 0 Å². The average molecular weight is 359 g/mol. The molecule has 0 aliphatic rings. The molecule has 2 aromatic heterocycles. The summed E-state index contributed by atoms with van der Waals surface area (Å²) in [5, 5.41) is 11.0. The van der Waals surface area contributed by atoms with E-state index in [0.29, 0.717) is 13.1 Å². The Kier molecular flexibility index (Phi) is 4.67. The average Bonchev–Trinajstić information content (AvgIpc) is 3.02. The molecule has 0 atom stereocenters. The minimum Gasteiger partial charge on any atom is -0.333 e. The van der Waals surface area contributed by atoms with Crippen LogP contribution in [0.1, 0.15) is 23.0 Å². The number of carbonyl (C=O) groups excluding carboxylic acids is 1. The number of rotatable bonds is 5. The van der Waals surface area contributed by atoms with Crippen molar-refractivity contribution in [3.63, 3.8) is 0 Å². The fourth-order valence-electron chi connectivity index (χ4n) is 2.59. The van der Waals surface area contributed by atoms with Gasteiger partial charge in [0, 0.05) is 24.4 Å². The van der Waals surface area contributed by atoms with Crippen LogP contribution in [0, 0.1) is 10.1 Å². The molecule has 0 N–H and O–H groups in total. The Morgan fingerprint density at radius 1 is 1.36 bits per heavy atom. The van der Waals surface area contributed by atoms with Crippen molar-refractivity contribution in [2.75, 3.05) is 6.54 Å². The molecule has 0 unspecified atom stereocenters. The Bertz CT molecular complexity index is 954. The van der Waals surface area contributed by atoms with E-state index in [0.717, 1.165) is 11.3 Å². The molecule has 3 rings (SSSR count). The minimum absolute atomic E-state index is 0.00591. The molecule has 0 aliphatic heterocycles. The van der Waals surface area contributed by atoms with E-state index in [2.05, 4.69) is 4.98 Å². The summed E-state index contributed by atoms with van der Waals surface area (Å²) < 4.78 is 1.90. The second-order valence-electron chi connectivity index (χ2n) is 5.42. The van der Waals surface area contributed by atoms with Gasteiger partial charge < -0.3 is 9.30 Å². The van der Waals surface area contributed by atoms with E-state index in [1.165, 1.54) is 18.2 Å². The first-order valence-electron chi connectivity index (χ1n) is 7.65. The number of pyridine rings is 1. The third-order valence-corrected chi connectivity index (χ3v) is 4.22. The zero-order valence-corrected chi connectivity index (χ0v) is 14.2. The molecule has 25 heavy (non-hydrogen) atoms. The molecule has 0 radical (unpaired) electrons. The number of nitro benzene ring substituents is 1. The van der Waals surface area contributed by atoms with Crippen molar-refractivity contribution in [1.29, 1.82) is 0 Å². The summed E-state index contributed by atoms with van der Waals surface area (Å²) in [5.74, 6) is -0.298. The third-order valence-electron chi connectivity index (χ3n) is 3.91. The highest BCUT2D eigenvalue weighted by atomic mass is 35.5. The van der Waals surface area contributed by atoms with Crippen LogP contribution in [0.5, 0.6) is 0 Å². The second-order valence-corrected chi connectivity index (χ2v) is 5.83. The number of hydrogen-bond donors (Lipinski definition) is 0. The fraction of sp³-hybridized carbons (Fsp3) is 0.176. The van der Waals surface area contributed by atoms with Crippen LogP contribution in [0.25, 0.3) is 5.65 Å². The number of nitrogens with zero attached hydrogens (tertiary/aromatic N) is 4. The Morgan fingerprint density at radius 3 is 2.88 bits per heavy atom. The van der Waals surface area contributed by atoms with Crippen LogP contribution in [0.3, 0.4) is 0 Å². The van der Waals surface area contributed by atoms with E-state index >= 15 is 0 Å². The first-order valence-corrected chi connectivity index (χ1v) is 8.03. The van der Waals surface area contributed by atoms with Crippen molar-refractivity contribution < 1.29 is 9.72 Å². The summed E-state index contributed by atoms with van der Waals surface area (Å²) in [6.45, 7) is 2.65. The normalized spacial score (nSPS) is 10.8. The number of halogens is 1. The third kappa shape index (κ3) is 3.32. The lowest BCUT2D eigenvalue weighted by Gasteiger charge is -2.20. The Hall–Kier alpha value is -2.93. The van der Waals surface area contributed by atoms with Crippen molar-refractivity contribution in [1.82, 2.24) is 14.3 Å². The predicted octanol–water partition coefficient (Wildman–Crippen LogP) is 3.56. The van der Waals surface area contributed by atoms with Gasteiger partial charge >= 0.3 is 0 Å². The molecular weight excluding hydrogens is 344 g/mol. The van der Waals surface area contributed by atoms with E-state index in [1.54, 1.807) is 11.1 Å². The van der Waals surface area contributed by atoms with Gasteiger partial charge in [0.1, 0.15) is 10.7 Å². The Morgan fingerprint density at radius 2 is 2.16 bits per heavy atom. The highest BCUT2D eigenvalue weighted by Gasteiger charge is 2.20. The van der Waals surface area contributed by atoms with Crippen molar-refractivity contribution in [3.05, 3.63) is 75.2 Å². The molecule has 7 nitrogen and oxygen atoms in total. The quantitative estimate of drug-likeness (QED) is 0.516. The van der Waals surface area contributed by atoms with Crippen molar-refractivity contribution in [2.24, 2.45) is 0 Å². The van der Waals surface area contributed by atoms with Crippen LogP contribution in [-0.2, 0) is 6.54 Å². The monoisotopic (exact) mass is 358 g/mol. The number of amides is 1. The maximum Gasteiger partial charge on any atom is 0.288 e. The van der Waals surface area contributed by atoms with E-state index in [9.17, 15) is 14.9 Å². The van der Waals surface area contributed by atoms with Gasteiger partial charge in [0.25, 0.3) is 11.6 Å². The van der Waals surface area contributed by atoms with Crippen LogP contribution < -0.4 is 0 Å². The van der Waals surface area contributed by atoms with Gasteiger partial charge in [-0.1, -0.05) is 17.7 Å². The molecule has 0 saturated carbocycles. The lowest BCUT2D eigenvalue weighted by Crippen LogP contribution is -2.30. The standard InChI is InChI=1S/C17H15ClN4O3/c1-2-20(11-13-10-19-16-5-3-4-8-21(13)16)17(23)12-6-7-14(18)15(9-12)22(24)25/h3-10H,2,11H2,1H3. The van der Waals surface area contributed by atoms with Crippen LogP contribution in [0.15, 0.2) is 48.8 Å². The molecule has 0 fully saturated rings. The molecule has 8 heteroatoms. The summed E-state index contributed by atoms with van der Waals surface area (Å²) in [6, 6.07) is 9.73. The molecule has 1 amide bonds. The highest BCUT2D eigenvalue weighted by Crippen LogP contribution is 2.26. The number of imidazole rings is 1.